The molecule has 3 heteroatoms. The van der Waals surface area contributed by atoms with E-state index in [4.69, 9.17) is 10.7 Å². The van der Waals surface area contributed by atoms with E-state index in [2.05, 4.69) is 32.3 Å². The topological polar surface area (TPSA) is 43.8 Å². The van der Waals surface area contributed by atoms with Gasteiger partial charge in [0.1, 0.15) is 11.6 Å². The fourth-order valence-corrected chi connectivity index (χ4v) is 2.41. The Balaban J connectivity index is 2.44. The molecule has 1 aromatic heterocycles. The lowest BCUT2D eigenvalue weighted by Crippen LogP contribution is -2.13. The number of anilines is 1. The summed E-state index contributed by atoms with van der Waals surface area (Å²) in [6, 6.07) is 0.402. The standard InChI is InChI=1S/C13H23N3/c1-8(2)13-15-11(10-6-5-7-10)12(14)16(13)9(3)4/h8-10H,5-7,14H2,1-4H3. The van der Waals surface area contributed by atoms with E-state index in [9.17, 15) is 0 Å². The van der Waals surface area contributed by atoms with Gasteiger partial charge in [-0.3, -0.25) is 0 Å². The number of nitrogens with zero attached hydrogens (tertiary/aromatic N) is 2. The number of nitrogens with two attached hydrogens (primary N) is 1. The van der Waals surface area contributed by atoms with Crippen molar-refractivity contribution in [2.45, 2.75) is 64.8 Å². The van der Waals surface area contributed by atoms with E-state index in [1.54, 1.807) is 0 Å². The molecule has 0 radical (unpaired) electrons. The maximum absolute atomic E-state index is 6.25. The summed E-state index contributed by atoms with van der Waals surface area (Å²) >= 11 is 0. The zero-order valence-corrected chi connectivity index (χ0v) is 10.8. The molecular weight excluding hydrogens is 198 g/mol. The van der Waals surface area contributed by atoms with Crippen LogP contribution in [0.5, 0.6) is 0 Å². The third kappa shape index (κ3) is 1.72. The summed E-state index contributed by atoms with van der Waals surface area (Å²) in [5.74, 6) is 3.12. The highest BCUT2D eigenvalue weighted by Gasteiger charge is 2.28. The summed E-state index contributed by atoms with van der Waals surface area (Å²) in [6.07, 6.45) is 3.85. The van der Waals surface area contributed by atoms with E-state index < -0.39 is 0 Å². The average molecular weight is 221 g/mol. The monoisotopic (exact) mass is 221 g/mol. The average Bonchev–Trinajstić information content (AvgIpc) is 2.41. The number of aromatic nitrogens is 2. The van der Waals surface area contributed by atoms with Crippen molar-refractivity contribution >= 4 is 5.82 Å². The molecule has 1 fully saturated rings. The van der Waals surface area contributed by atoms with Gasteiger partial charge in [-0.2, -0.15) is 0 Å². The van der Waals surface area contributed by atoms with Gasteiger partial charge in [-0.25, -0.2) is 4.98 Å². The zero-order chi connectivity index (χ0) is 11.9. The van der Waals surface area contributed by atoms with E-state index in [0.717, 1.165) is 17.3 Å². The highest BCUT2D eigenvalue weighted by molar-refractivity contribution is 5.42. The SMILES string of the molecule is CC(C)c1nc(C2CCC2)c(N)n1C(C)C. The number of hydrogen-bond acceptors (Lipinski definition) is 2. The van der Waals surface area contributed by atoms with Gasteiger partial charge in [0.15, 0.2) is 0 Å². The summed E-state index contributed by atoms with van der Waals surface area (Å²) in [5, 5.41) is 0. The van der Waals surface area contributed by atoms with Crippen LogP contribution in [0.4, 0.5) is 5.82 Å². The summed E-state index contributed by atoms with van der Waals surface area (Å²) in [5.41, 5.74) is 7.41. The lowest BCUT2D eigenvalue weighted by Gasteiger charge is -2.24. The fourth-order valence-electron chi connectivity index (χ4n) is 2.41. The fraction of sp³-hybridized carbons (Fsp3) is 0.769. The molecule has 0 amide bonds. The normalized spacial score (nSPS) is 17.1. The van der Waals surface area contributed by atoms with Crippen LogP contribution in [0.15, 0.2) is 0 Å². The Morgan fingerprint density at radius 2 is 1.88 bits per heavy atom. The molecule has 0 aliphatic heterocycles. The Hall–Kier alpha value is -0.990. The van der Waals surface area contributed by atoms with E-state index >= 15 is 0 Å². The maximum Gasteiger partial charge on any atom is 0.127 e. The Labute approximate surface area is 98.1 Å². The van der Waals surface area contributed by atoms with Crippen LogP contribution in [0.25, 0.3) is 0 Å². The van der Waals surface area contributed by atoms with E-state index in [1.807, 2.05) is 0 Å². The van der Waals surface area contributed by atoms with Crippen LogP contribution in [0, 0.1) is 0 Å². The van der Waals surface area contributed by atoms with Crippen LogP contribution in [0.1, 0.15) is 76.4 Å². The van der Waals surface area contributed by atoms with Crippen LogP contribution in [0.2, 0.25) is 0 Å². The molecule has 16 heavy (non-hydrogen) atoms. The molecule has 3 nitrogen and oxygen atoms in total. The molecule has 1 aliphatic carbocycles. The third-order valence-corrected chi connectivity index (χ3v) is 3.53. The second-order valence-corrected chi connectivity index (χ2v) is 5.49. The molecule has 0 unspecified atom stereocenters. The van der Waals surface area contributed by atoms with Gasteiger partial charge in [-0.05, 0) is 26.7 Å². The first-order valence-electron chi connectivity index (χ1n) is 6.39. The molecular formula is C13H23N3. The van der Waals surface area contributed by atoms with Crippen molar-refractivity contribution in [2.24, 2.45) is 0 Å². The van der Waals surface area contributed by atoms with Gasteiger partial charge >= 0.3 is 0 Å². The van der Waals surface area contributed by atoms with Crippen molar-refractivity contribution in [3.05, 3.63) is 11.5 Å². The maximum atomic E-state index is 6.25. The van der Waals surface area contributed by atoms with Crippen molar-refractivity contribution in [1.29, 1.82) is 0 Å². The van der Waals surface area contributed by atoms with Crippen molar-refractivity contribution < 1.29 is 0 Å². The van der Waals surface area contributed by atoms with Crippen LogP contribution in [0.3, 0.4) is 0 Å². The Kier molecular flexibility index (Phi) is 2.96. The quantitative estimate of drug-likeness (QED) is 0.849. The van der Waals surface area contributed by atoms with Crippen molar-refractivity contribution in [3.63, 3.8) is 0 Å². The van der Waals surface area contributed by atoms with Crippen LogP contribution < -0.4 is 5.73 Å². The highest BCUT2D eigenvalue weighted by Crippen LogP contribution is 2.40. The van der Waals surface area contributed by atoms with Gasteiger partial charge in [0.25, 0.3) is 0 Å². The van der Waals surface area contributed by atoms with Crippen LogP contribution in [-0.4, -0.2) is 9.55 Å². The number of imidazole rings is 1. The first kappa shape index (κ1) is 11.5. The molecule has 2 rings (SSSR count). The number of hydrogen-bond donors (Lipinski definition) is 1. The highest BCUT2D eigenvalue weighted by atomic mass is 15.2. The summed E-state index contributed by atoms with van der Waals surface area (Å²) in [6.45, 7) is 8.72. The lowest BCUT2D eigenvalue weighted by atomic mass is 9.83. The van der Waals surface area contributed by atoms with E-state index in [1.165, 1.54) is 19.3 Å². The summed E-state index contributed by atoms with van der Waals surface area (Å²) in [7, 11) is 0. The second kappa shape index (κ2) is 4.11. The second-order valence-electron chi connectivity index (χ2n) is 5.49. The Morgan fingerprint density at radius 1 is 1.25 bits per heavy atom. The minimum Gasteiger partial charge on any atom is -0.384 e. The Bertz CT molecular complexity index is 373. The lowest BCUT2D eigenvalue weighted by molar-refractivity contribution is 0.412. The predicted molar refractivity (Wildman–Crippen MR) is 67.7 cm³/mol. The molecule has 0 saturated heterocycles. The van der Waals surface area contributed by atoms with Gasteiger partial charge in [-0.15, -0.1) is 0 Å². The predicted octanol–water partition coefficient (Wildman–Crippen LogP) is 3.44. The molecule has 0 aromatic carbocycles. The smallest absolute Gasteiger partial charge is 0.127 e. The molecule has 0 atom stereocenters. The molecule has 1 heterocycles. The Morgan fingerprint density at radius 3 is 2.19 bits per heavy atom. The molecule has 2 N–H and O–H groups in total. The number of rotatable bonds is 3. The molecule has 1 aromatic rings. The molecule has 0 spiro atoms. The van der Waals surface area contributed by atoms with Gasteiger partial charge in [0.2, 0.25) is 0 Å². The summed E-state index contributed by atoms with van der Waals surface area (Å²) in [4.78, 5) is 4.79. The minimum absolute atomic E-state index is 0.402. The van der Waals surface area contributed by atoms with Crippen molar-refractivity contribution in [3.8, 4) is 0 Å². The minimum atomic E-state index is 0.402. The zero-order valence-electron chi connectivity index (χ0n) is 10.8. The number of nitrogen functional groups attached to an aromatic ring is 1. The molecule has 0 bridgehead atoms. The van der Waals surface area contributed by atoms with Gasteiger partial charge in [0, 0.05) is 17.9 Å². The van der Waals surface area contributed by atoms with Crippen LogP contribution >= 0.6 is 0 Å². The molecule has 90 valence electrons. The third-order valence-electron chi connectivity index (χ3n) is 3.53. The van der Waals surface area contributed by atoms with E-state index in [0.29, 0.717) is 17.9 Å². The van der Waals surface area contributed by atoms with Crippen molar-refractivity contribution in [1.82, 2.24) is 9.55 Å². The first-order valence-corrected chi connectivity index (χ1v) is 6.39. The van der Waals surface area contributed by atoms with Crippen LogP contribution in [-0.2, 0) is 0 Å². The van der Waals surface area contributed by atoms with Crippen molar-refractivity contribution in [2.75, 3.05) is 5.73 Å². The van der Waals surface area contributed by atoms with Gasteiger partial charge < -0.3 is 10.3 Å². The largest absolute Gasteiger partial charge is 0.384 e. The molecule has 1 saturated carbocycles. The van der Waals surface area contributed by atoms with E-state index in [-0.39, 0.29) is 0 Å². The summed E-state index contributed by atoms with van der Waals surface area (Å²) < 4.78 is 2.21. The van der Waals surface area contributed by atoms with Gasteiger partial charge in [0.05, 0.1) is 5.69 Å². The molecule has 1 aliphatic rings. The first-order chi connectivity index (χ1) is 7.52. The van der Waals surface area contributed by atoms with Gasteiger partial charge in [-0.1, -0.05) is 20.3 Å².